The Hall–Kier alpha value is -1.93. The number of sulfonamides is 1. The monoisotopic (exact) mass is 324 g/mol. The molecule has 22 heavy (non-hydrogen) atoms. The van der Waals surface area contributed by atoms with Crippen molar-refractivity contribution in [1.29, 1.82) is 0 Å². The van der Waals surface area contributed by atoms with Gasteiger partial charge in [-0.25, -0.2) is 18.1 Å². The molecule has 1 N–H and O–H groups in total. The van der Waals surface area contributed by atoms with Gasteiger partial charge in [0.05, 0.1) is 12.0 Å². The zero-order valence-corrected chi connectivity index (χ0v) is 13.7. The van der Waals surface area contributed by atoms with Crippen LogP contribution in [0.2, 0.25) is 0 Å². The normalized spacial score (nSPS) is 11.6. The van der Waals surface area contributed by atoms with Crippen LogP contribution in [0.4, 0.5) is 0 Å². The van der Waals surface area contributed by atoms with E-state index in [1.807, 2.05) is 0 Å². The summed E-state index contributed by atoms with van der Waals surface area (Å²) in [6, 6.07) is 3.44. The second-order valence-electron chi connectivity index (χ2n) is 5.00. The number of nitrogens with zero attached hydrogens (tertiary/aromatic N) is 3. The quantitative estimate of drug-likeness (QED) is 0.775. The van der Waals surface area contributed by atoms with Gasteiger partial charge in [-0.05, 0) is 43.5 Å². The molecule has 0 spiro atoms. The largest absolute Gasteiger partial charge is 0.497 e. The fraction of sp³-hybridized carbons (Fsp3) is 0.429. The van der Waals surface area contributed by atoms with Gasteiger partial charge in [-0.3, -0.25) is 4.68 Å². The Balaban J connectivity index is 2.04. The van der Waals surface area contributed by atoms with E-state index in [1.165, 1.54) is 6.33 Å². The van der Waals surface area contributed by atoms with E-state index in [2.05, 4.69) is 14.8 Å². The SMILES string of the molecule is COc1cc(C)c(S(=O)(=O)NCCCn2cncn2)c(C)c1. The lowest BCUT2D eigenvalue weighted by Gasteiger charge is -2.13. The standard InChI is InChI=1S/C14H20N4O3S/c1-11-7-13(21-3)8-12(2)14(11)22(19,20)17-5-4-6-18-10-15-9-16-18/h7-10,17H,4-6H2,1-3H3. The van der Waals surface area contributed by atoms with Crippen LogP contribution < -0.4 is 9.46 Å². The highest BCUT2D eigenvalue weighted by molar-refractivity contribution is 7.89. The molecule has 0 atom stereocenters. The lowest BCUT2D eigenvalue weighted by Crippen LogP contribution is -2.27. The van der Waals surface area contributed by atoms with Crippen molar-refractivity contribution >= 4 is 10.0 Å². The van der Waals surface area contributed by atoms with E-state index >= 15 is 0 Å². The summed E-state index contributed by atoms with van der Waals surface area (Å²) in [6.45, 7) is 4.48. The molecule has 0 amide bonds. The Morgan fingerprint density at radius 1 is 1.27 bits per heavy atom. The van der Waals surface area contributed by atoms with Crippen LogP contribution in [0.1, 0.15) is 17.5 Å². The van der Waals surface area contributed by atoms with E-state index in [0.29, 0.717) is 41.3 Å². The van der Waals surface area contributed by atoms with E-state index in [-0.39, 0.29) is 0 Å². The third-order valence-electron chi connectivity index (χ3n) is 3.26. The zero-order valence-electron chi connectivity index (χ0n) is 12.9. The second-order valence-corrected chi connectivity index (χ2v) is 6.70. The number of methoxy groups -OCH3 is 1. The van der Waals surface area contributed by atoms with Crippen LogP contribution in [0.15, 0.2) is 29.7 Å². The molecule has 2 rings (SSSR count). The summed E-state index contributed by atoms with van der Waals surface area (Å²) in [7, 11) is -1.98. The molecule has 0 saturated heterocycles. The van der Waals surface area contributed by atoms with Crippen LogP contribution >= 0.6 is 0 Å². The maximum atomic E-state index is 12.4. The fourth-order valence-corrected chi connectivity index (χ4v) is 3.84. The summed E-state index contributed by atoms with van der Waals surface area (Å²) in [6.07, 6.45) is 3.69. The smallest absolute Gasteiger partial charge is 0.241 e. The van der Waals surface area contributed by atoms with Gasteiger partial charge < -0.3 is 4.74 Å². The van der Waals surface area contributed by atoms with Crippen LogP contribution in [0.25, 0.3) is 0 Å². The number of hydrogen-bond donors (Lipinski definition) is 1. The zero-order chi connectivity index (χ0) is 16.2. The highest BCUT2D eigenvalue weighted by Gasteiger charge is 2.19. The molecule has 0 unspecified atom stereocenters. The van der Waals surface area contributed by atoms with Crippen molar-refractivity contribution in [1.82, 2.24) is 19.5 Å². The van der Waals surface area contributed by atoms with E-state index in [4.69, 9.17) is 4.74 Å². The first-order valence-electron chi connectivity index (χ1n) is 6.91. The maximum Gasteiger partial charge on any atom is 0.241 e. The summed E-state index contributed by atoms with van der Waals surface area (Å²) < 4.78 is 34.3. The number of hydrogen-bond acceptors (Lipinski definition) is 5. The number of nitrogens with one attached hydrogen (secondary N) is 1. The molecule has 1 aromatic carbocycles. The molecule has 120 valence electrons. The molecule has 8 heteroatoms. The van der Waals surface area contributed by atoms with Gasteiger partial charge in [-0.15, -0.1) is 0 Å². The van der Waals surface area contributed by atoms with Gasteiger partial charge in [0.15, 0.2) is 0 Å². The first-order valence-corrected chi connectivity index (χ1v) is 8.39. The highest BCUT2D eigenvalue weighted by Crippen LogP contribution is 2.25. The lowest BCUT2D eigenvalue weighted by molar-refractivity contribution is 0.413. The van der Waals surface area contributed by atoms with Crippen molar-refractivity contribution in [2.45, 2.75) is 31.7 Å². The van der Waals surface area contributed by atoms with Crippen LogP contribution in [-0.4, -0.2) is 36.8 Å². The Morgan fingerprint density at radius 2 is 1.95 bits per heavy atom. The van der Waals surface area contributed by atoms with Crippen LogP contribution in [0.5, 0.6) is 5.75 Å². The summed E-state index contributed by atoms with van der Waals surface area (Å²) in [5.74, 6) is 0.653. The van der Waals surface area contributed by atoms with Crippen molar-refractivity contribution in [2.75, 3.05) is 13.7 Å². The molecule has 0 radical (unpaired) electrons. The number of rotatable bonds is 7. The predicted octanol–water partition coefficient (Wildman–Crippen LogP) is 1.27. The summed E-state index contributed by atoms with van der Waals surface area (Å²) in [5, 5.41) is 3.97. The molecule has 0 aliphatic rings. The topological polar surface area (TPSA) is 86.1 Å². The molecule has 1 aromatic heterocycles. The van der Waals surface area contributed by atoms with E-state index in [1.54, 1.807) is 44.1 Å². The van der Waals surface area contributed by atoms with Gasteiger partial charge in [-0.1, -0.05) is 0 Å². The minimum Gasteiger partial charge on any atom is -0.497 e. The molecule has 1 heterocycles. The molecular formula is C14H20N4O3S. The Morgan fingerprint density at radius 3 is 2.50 bits per heavy atom. The van der Waals surface area contributed by atoms with Gasteiger partial charge in [0.2, 0.25) is 10.0 Å². The first-order chi connectivity index (χ1) is 10.4. The van der Waals surface area contributed by atoms with Crippen molar-refractivity contribution in [2.24, 2.45) is 0 Å². The van der Waals surface area contributed by atoms with Crippen LogP contribution in [0.3, 0.4) is 0 Å². The van der Waals surface area contributed by atoms with E-state index in [0.717, 1.165) is 0 Å². The minimum absolute atomic E-state index is 0.314. The van der Waals surface area contributed by atoms with Crippen molar-refractivity contribution < 1.29 is 13.2 Å². The van der Waals surface area contributed by atoms with Gasteiger partial charge >= 0.3 is 0 Å². The third-order valence-corrected chi connectivity index (χ3v) is 5.03. The second kappa shape index (κ2) is 6.89. The Kier molecular flexibility index (Phi) is 5.15. The van der Waals surface area contributed by atoms with Gasteiger partial charge in [0, 0.05) is 13.1 Å². The predicted molar refractivity (Wildman–Crippen MR) is 82.3 cm³/mol. The minimum atomic E-state index is -3.54. The Labute approximate surface area is 130 Å². The molecule has 0 aliphatic carbocycles. The molecule has 0 saturated carbocycles. The number of aromatic nitrogens is 3. The summed E-state index contributed by atoms with van der Waals surface area (Å²) in [5.41, 5.74) is 1.33. The lowest BCUT2D eigenvalue weighted by atomic mass is 10.1. The fourth-order valence-electron chi connectivity index (χ4n) is 2.32. The van der Waals surface area contributed by atoms with Crippen molar-refractivity contribution in [3.63, 3.8) is 0 Å². The Bertz CT molecular complexity index is 704. The summed E-state index contributed by atoms with van der Waals surface area (Å²) in [4.78, 5) is 4.15. The summed E-state index contributed by atoms with van der Waals surface area (Å²) >= 11 is 0. The van der Waals surface area contributed by atoms with Gasteiger partial charge in [-0.2, -0.15) is 5.10 Å². The molecular weight excluding hydrogens is 304 g/mol. The molecule has 7 nitrogen and oxygen atoms in total. The average Bonchev–Trinajstić information content (AvgIpc) is 2.95. The van der Waals surface area contributed by atoms with Gasteiger partial charge in [0.1, 0.15) is 18.4 Å². The first kappa shape index (κ1) is 16.4. The van der Waals surface area contributed by atoms with Gasteiger partial charge in [0.25, 0.3) is 0 Å². The molecule has 2 aromatic rings. The molecule has 0 fully saturated rings. The van der Waals surface area contributed by atoms with E-state index < -0.39 is 10.0 Å². The average molecular weight is 324 g/mol. The highest BCUT2D eigenvalue weighted by atomic mass is 32.2. The number of benzene rings is 1. The van der Waals surface area contributed by atoms with Crippen molar-refractivity contribution in [3.05, 3.63) is 35.9 Å². The number of aryl methyl sites for hydroxylation is 3. The third kappa shape index (κ3) is 3.83. The molecule has 0 bridgehead atoms. The maximum absolute atomic E-state index is 12.4. The van der Waals surface area contributed by atoms with E-state index in [9.17, 15) is 8.42 Å². The van der Waals surface area contributed by atoms with Crippen LogP contribution in [-0.2, 0) is 16.6 Å². The van der Waals surface area contributed by atoms with Crippen molar-refractivity contribution in [3.8, 4) is 5.75 Å². The number of ether oxygens (including phenoxy) is 1. The molecule has 0 aliphatic heterocycles. The van der Waals surface area contributed by atoms with Crippen LogP contribution in [0, 0.1) is 13.8 Å².